The third-order valence-corrected chi connectivity index (χ3v) is 4.88. The van der Waals surface area contributed by atoms with Gasteiger partial charge in [0.05, 0.1) is 31.4 Å². The molecule has 3 aromatic rings. The van der Waals surface area contributed by atoms with E-state index in [2.05, 4.69) is 37.6 Å². The Bertz CT molecular complexity index is 849. The Morgan fingerprint density at radius 3 is 2.92 bits per heavy atom. The van der Waals surface area contributed by atoms with E-state index in [1.807, 2.05) is 12.1 Å². The van der Waals surface area contributed by atoms with Crippen LogP contribution in [0.3, 0.4) is 0 Å². The molecule has 0 spiro atoms. The summed E-state index contributed by atoms with van der Waals surface area (Å²) in [5.74, 6) is 1.73. The molecule has 2 heterocycles. The zero-order valence-electron chi connectivity index (χ0n) is 14.8. The molecule has 1 aliphatic rings. The van der Waals surface area contributed by atoms with E-state index in [4.69, 9.17) is 9.47 Å². The highest BCUT2D eigenvalue weighted by molar-refractivity contribution is 5.85. The maximum absolute atomic E-state index is 6.08. The van der Waals surface area contributed by atoms with Gasteiger partial charge in [0, 0.05) is 6.04 Å². The summed E-state index contributed by atoms with van der Waals surface area (Å²) < 4.78 is 11.3. The van der Waals surface area contributed by atoms with Gasteiger partial charge in [0.1, 0.15) is 17.9 Å². The van der Waals surface area contributed by atoms with Crippen LogP contribution in [0.15, 0.2) is 36.8 Å². The average molecular weight is 353 g/mol. The highest BCUT2D eigenvalue weighted by Gasteiger charge is 2.26. The number of hydrogen-bond acceptors (Lipinski definition) is 6. The number of aromatic amines is 1. The molecule has 0 bridgehead atoms. The van der Waals surface area contributed by atoms with Crippen molar-refractivity contribution in [3.05, 3.63) is 42.4 Å². The number of benzene rings is 1. The van der Waals surface area contributed by atoms with Crippen LogP contribution in [-0.4, -0.2) is 46.0 Å². The maximum atomic E-state index is 6.08. The minimum Gasteiger partial charge on any atom is -0.497 e. The van der Waals surface area contributed by atoms with Gasteiger partial charge < -0.3 is 14.8 Å². The summed E-state index contributed by atoms with van der Waals surface area (Å²) in [4.78, 5) is 8.52. The Morgan fingerprint density at radius 2 is 2.08 bits per heavy atom. The number of rotatable bonds is 7. The summed E-state index contributed by atoms with van der Waals surface area (Å²) in [5, 5.41) is 11.3. The third kappa shape index (κ3) is 3.77. The fourth-order valence-electron chi connectivity index (χ4n) is 3.43. The summed E-state index contributed by atoms with van der Waals surface area (Å²) in [6, 6.07) is 8.53. The second-order valence-corrected chi connectivity index (χ2v) is 6.60. The van der Waals surface area contributed by atoms with Crippen LogP contribution in [0, 0.1) is 0 Å². The Balaban J connectivity index is 1.25. The molecule has 136 valence electrons. The molecule has 7 nitrogen and oxygen atoms in total. The van der Waals surface area contributed by atoms with E-state index in [1.54, 1.807) is 19.6 Å². The van der Waals surface area contributed by atoms with Crippen LogP contribution < -0.4 is 10.1 Å². The van der Waals surface area contributed by atoms with E-state index in [1.165, 1.54) is 5.56 Å². The van der Waals surface area contributed by atoms with Crippen molar-refractivity contribution in [3.63, 3.8) is 0 Å². The zero-order valence-corrected chi connectivity index (χ0v) is 14.8. The van der Waals surface area contributed by atoms with Crippen molar-refractivity contribution in [2.24, 2.45) is 0 Å². The van der Waals surface area contributed by atoms with Crippen molar-refractivity contribution in [2.45, 2.75) is 37.8 Å². The van der Waals surface area contributed by atoms with Crippen LogP contribution in [0.4, 0.5) is 5.82 Å². The minimum absolute atomic E-state index is 0.299. The zero-order chi connectivity index (χ0) is 17.8. The highest BCUT2D eigenvalue weighted by atomic mass is 16.5. The van der Waals surface area contributed by atoms with Gasteiger partial charge in [0.25, 0.3) is 0 Å². The van der Waals surface area contributed by atoms with Gasteiger partial charge in [-0.25, -0.2) is 9.97 Å². The lowest BCUT2D eigenvalue weighted by atomic mass is 10.1. The lowest BCUT2D eigenvalue weighted by Gasteiger charge is -2.15. The van der Waals surface area contributed by atoms with Gasteiger partial charge in [-0.15, -0.1) is 0 Å². The number of nitrogens with zero attached hydrogens (tertiary/aromatic N) is 3. The number of methoxy groups -OCH3 is 1. The molecule has 0 amide bonds. The molecule has 0 unspecified atom stereocenters. The summed E-state index contributed by atoms with van der Waals surface area (Å²) in [6.07, 6.45) is 7.67. The predicted molar refractivity (Wildman–Crippen MR) is 99.4 cm³/mol. The minimum atomic E-state index is 0.299. The molecule has 7 heteroatoms. The van der Waals surface area contributed by atoms with Crippen LogP contribution in [-0.2, 0) is 11.2 Å². The largest absolute Gasteiger partial charge is 0.497 e. The molecule has 0 saturated heterocycles. The van der Waals surface area contributed by atoms with Crippen LogP contribution in [0.25, 0.3) is 11.0 Å². The van der Waals surface area contributed by atoms with Gasteiger partial charge in [-0.2, -0.15) is 5.10 Å². The van der Waals surface area contributed by atoms with E-state index in [9.17, 15) is 0 Å². The predicted octanol–water partition coefficient (Wildman–Crippen LogP) is 2.95. The number of nitrogens with one attached hydrogen (secondary N) is 2. The Hall–Kier alpha value is -2.67. The number of aromatic nitrogens is 4. The van der Waals surface area contributed by atoms with Gasteiger partial charge in [-0.05, 0) is 43.4 Å². The monoisotopic (exact) mass is 353 g/mol. The van der Waals surface area contributed by atoms with E-state index in [0.717, 1.165) is 54.9 Å². The average Bonchev–Trinajstić information content (AvgIpc) is 3.32. The van der Waals surface area contributed by atoms with Gasteiger partial charge in [0.15, 0.2) is 5.65 Å². The molecule has 1 aliphatic carbocycles. The smallest absolute Gasteiger partial charge is 0.160 e. The lowest BCUT2D eigenvalue weighted by molar-refractivity contribution is 0.0601. The fraction of sp³-hybridized carbons (Fsp3) is 0.421. The molecule has 26 heavy (non-hydrogen) atoms. The molecule has 1 saturated carbocycles. The summed E-state index contributed by atoms with van der Waals surface area (Å²) in [7, 11) is 1.68. The molecule has 4 rings (SSSR count). The van der Waals surface area contributed by atoms with E-state index < -0.39 is 0 Å². The topological polar surface area (TPSA) is 85.0 Å². The van der Waals surface area contributed by atoms with Crippen molar-refractivity contribution in [1.29, 1.82) is 0 Å². The van der Waals surface area contributed by atoms with Crippen molar-refractivity contribution in [2.75, 3.05) is 19.0 Å². The number of anilines is 1. The maximum Gasteiger partial charge on any atom is 0.160 e. The van der Waals surface area contributed by atoms with E-state index in [-0.39, 0.29) is 0 Å². The van der Waals surface area contributed by atoms with Crippen LogP contribution in [0.2, 0.25) is 0 Å². The standard InChI is InChI=1S/C19H23N5O2/c1-25-15-5-2-13(3-6-15)8-9-26-16-7-4-14(10-16)23-18-17-11-22-24-19(17)21-12-20-18/h2-3,5-6,11-12,14,16H,4,7-10H2,1H3,(H2,20,21,22,23,24)/t14-,16-/m0/s1. The molecule has 2 aromatic heterocycles. The Kier molecular flexibility index (Phi) is 4.97. The molecule has 0 radical (unpaired) electrons. The first-order chi connectivity index (χ1) is 12.8. The Morgan fingerprint density at radius 1 is 1.19 bits per heavy atom. The quantitative estimate of drug-likeness (QED) is 0.679. The second-order valence-electron chi connectivity index (χ2n) is 6.60. The third-order valence-electron chi connectivity index (χ3n) is 4.88. The molecular formula is C19H23N5O2. The first-order valence-corrected chi connectivity index (χ1v) is 8.97. The van der Waals surface area contributed by atoms with Crippen LogP contribution in [0.5, 0.6) is 5.75 Å². The number of fused-ring (bicyclic) bond motifs is 1. The van der Waals surface area contributed by atoms with Gasteiger partial charge in [-0.1, -0.05) is 12.1 Å². The van der Waals surface area contributed by atoms with E-state index >= 15 is 0 Å². The van der Waals surface area contributed by atoms with E-state index in [0.29, 0.717) is 12.1 Å². The number of ether oxygens (including phenoxy) is 2. The Labute approximate surface area is 152 Å². The van der Waals surface area contributed by atoms with Crippen molar-refractivity contribution in [3.8, 4) is 5.75 Å². The van der Waals surface area contributed by atoms with Crippen LogP contribution in [0.1, 0.15) is 24.8 Å². The summed E-state index contributed by atoms with van der Waals surface area (Å²) >= 11 is 0. The van der Waals surface area contributed by atoms with Crippen molar-refractivity contribution < 1.29 is 9.47 Å². The number of hydrogen-bond donors (Lipinski definition) is 2. The molecule has 2 atom stereocenters. The van der Waals surface area contributed by atoms with Gasteiger partial charge in [0.2, 0.25) is 0 Å². The SMILES string of the molecule is COc1ccc(CCO[C@H]2CC[C@H](Nc3ncnc4[nH]ncc34)C2)cc1. The van der Waals surface area contributed by atoms with Gasteiger partial charge >= 0.3 is 0 Å². The molecular weight excluding hydrogens is 330 g/mol. The normalized spacial score (nSPS) is 19.7. The van der Waals surface area contributed by atoms with Gasteiger partial charge in [-0.3, -0.25) is 5.10 Å². The highest BCUT2D eigenvalue weighted by Crippen LogP contribution is 2.27. The molecule has 1 fully saturated rings. The lowest BCUT2D eigenvalue weighted by Crippen LogP contribution is -2.19. The molecule has 1 aromatic carbocycles. The molecule has 0 aliphatic heterocycles. The summed E-state index contributed by atoms with van der Waals surface area (Å²) in [6.45, 7) is 0.739. The van der Waals surface area contributed by atoms with Crippen molar-refractivity contribution >= 4 is 16.9 Å². The number of H-pyrrole nitrogens is 1. The first-order valence-electron chi connectivity index (χ1n) is 8.97. The van der Waals surface area contributed by atoms with Crippen LogP contribution >= 0.6 is 0 Å². The first kappa shape index (κ1) is 16.8. The fourth-order valence-corrected chi connectivity index (χ4v) is 3.43. The molecule has 2 N–H and O–H groups in total. The second kappa shape index (κ2) is 7.70. The summed E-state index contributed by atoms with van der Waals surface area (Å²) in [5.41, 5.74) is 2.02. The van der Waals surface area contributed by atoms with Crippen molar-refractivity contribution in [1.82, 2.24) is 20.2 Å².